The normalized spacial score (nSPS) is 15.7. The topological polar surface area (TPSA) is 90.6 Å². The zero-order chi connectivity index (χ0) is 17.6. The van der Waals surface area contributed by atoms with Crippen LogP contribution in [0.15, 0.2) is 36.7 Å². The summed E-state index contributed by atoms with van der Waals surface area (Å²) in [6.07, 6.45) is 5.00. The van der Waals surface area contributed by atoms with E-state index in [0.29, 0.717) is 11.8 Å². The van der Waals surface area contributed by atoms with Crippen LogP contribution in [0.3, 0.4) is 0 Å². The van der Waals surface area contributed by atoms with E-state index < -0.39 is 0 Å². The summed E-state index contributed by atoms with van der Waals surface area (Å²) in [7, 11) is 1.55. The molecule has 3 rings (SSSR count). The average Bonchev–Trinajstić information content (AvgIpc) is 2.64. The molecule has 1 fully saturated rings. The molecule has 0 bridgehead atoms. The van der Waals surface area contributed by atoms with E-state index in [2.05, 4.69) is 14.9 Å². The summed E-state index contributed by atoms with van der Waals surface area (Å²) in [5.74, 6) is 0.828. The summed E-state index contributed by atoms with van der Waals surface area (Å²) in [6, 6.07) is 6.72. The van der Waals surface area contributed by atoms with Crippen LogP contribution in [0, 0.1) is 10.1 Å². The Labute approximate surface area is 145 Å². The van der Waals surface area contributed by atoms with Gasteiger partial charge in [-0.2, -0.15) is 0 Å². The zero-order valence-electron chi connectivity index (χ0n) is 14.0. The van der Waals surface area contributed by atoms with Gasteiger partial charge in [0.25, 0.3) is 17.4 Å². The Bertz CT molecular complexity index is 715. The Morgan fingerprint density at radius 3 is 2.40 bits per heavy atom. The van der Waals surface area contributed by atoms with Crippen molar-refractivity contribution in [3.8, 4) is 11.8 Å². The minimum absolute atomic E-state index is 0.0821. The fourth-order valence-corrected chi connectivity index (χ4v) is 2.86. The van der Waals surface area contributed by atoms with Crippen LogP contribution in [0.2, 0.25) is 0 Å². The first-order chi connectivity index (χ1) is 12.2. The quantitative estimate of drug-likeness (QED) is 0.587. The molecular weight excluding hydrogens is 324 g/mol. The summed E-state index contributed by atoms with van der Waals surface area (Å²) in [5, 5.41) is 10.7. The summed E-state index contributed by atoms with van der Waals surface area (Å²) in [4.78, 5) is 20.9. The van der Waals surface area contributed by atoms with Gasteiger partial charge in [0.05, 0.1) is 12.0 Å². The third-order valence-electron chi connectivity index (χ3n) is 4.19. The summed E-state index contributed by atoms with van der Waals surface area (Å²) < 4.78 is 11.1. The maximum atomic E-state index is 10.7. The Morgan fingerprint density at radius 1 is 1.16 bits per heavy atom. The molecule has 0 aliphatic carbocycles. The van der Waals surface area contributed by atoms with Gasteiger partial charge in [-0.15, -0.1) is 0 Å². The SMILES string of the molecule is COc1nccnc1OC1CCN(Cc2ccc([N+](=O)[O-])cc2)CC1. The molecule has 1 aromatic carbocycles. The molecule has 1 saturated heterocycles. The lowest BCUT2D eigenvalue weighted by atomic mass is 10.1. The Hall–Kier alpha value is -2.74. The maximum absolute atomic E-state index is 10.7. The van der Waals surface area contributed by atoms with Crippen LogP contribution in [0.25, 0.3) is 0 Å². The smallest absolute Gasteiger partial charge is 0.278 e. The van der Waals surface area contributed by atoms with Gasteiger partial charge in [0.15, 0.2) is 0 Å². The van der Waals surface area contributed by atoms with E-state index in [1.165, 1.54) is 0 Å². The van der Waals surface area contributed by atoms with Crippen LogP contribution in [-0.4, -0.2) is 46.1 Å². The Kier molecular flexibility index (Phi) is 5.39. The van der Waals surface area contributed by atoms with Crippen molar-refractivity contribution in [3.05, 3.63) is 52.3 Å². The number of likely N-dealkylation sites (tertiary alicyclic amines) is 1. The second-order valence-electron chi connectivity index (χ2n) is 5.89. The average molecular weight is 344 g/mol. The zero-order valence-corrected chi connectivity index (χ0v) is 14.0. The van der Waals surface area contributed by atoms with Crippen molar-refractivity contribution in [2.45, 2.75) is 25.5 Å². The molecule has 132 valence electrons. The van der Waals surface area contributed by atoms with E-state index in [9.17, 15) is 10.1 Å². The number of hydrogen-bond acceptors (Lipinski definition) is 7. The van der Waals surface area contributed by atoms with Crippen molar-refractivity contribution in [2.24, 2.45) is 0 Å². The van der Waals surface area contributed by atoms with Crippen LogP contribution < -0.4 is 9.47 Å². The molecule has 0 amide bonds. The van der Waals surface area contributed by atoms with Gasteiger partial charge < -0.3 is 9.47 Å². The van der Waals surface area contributed by atoms with Gasteiger partial charge in [-0.1, -0.05) is 12.1 Å². The predicted octanol–water partition coefficient (Wildman–Crippen LogP) is 2.44. The van der Waals surface area contributed by atoms with E-state index in [4.69, 9.17) is 9.47 Å². The number of nitrogens with zero attached hydrogens (tertiary/aromatic N) is 4. The van der Waals surface area contributed by atoms with E-state index in [-0.39, 0.29) is 16.7 Å². The third kappa shape index (κ3) is 4.42. The van der Waals surface area contributed by atoms with Gasteiger partial charge in [0.1, 0.15) is 6.10 Å². The van der Waals surface area contributed by atoms with Crippen molar-refractivity contribution < 1.29 is 14.4 Å². The number of hydrogen-bond donors (Lipinski definition) is 0. The van der Waals surface area contributed by atoms with Crippen LogP contribution >= 0.6 is 0 Å². The number of benzene rings is 1. The van der Waals surface area contributed by atoms with Crippen molar-refractivity contribution in [2.75, 3.05) is 20.2 Å². The minimum atomic E-state index is -0.382. The van der Waals surface area contributed by atoms with E-state index >= 15 is 0 Å². The molecule has 1 aliphatic rings. The number of non-ortho nitro benzene ring substituents is 1. The second kappa shape index (κ2) is 7.89. The first kappa shape index (κ1) is 17.1. The highest BCUT2D eigenvalue weighted by Gasteiger charge is 2.22. The number of nitro benzene ring substituents is 1. The number of methoxy groups -OCH3 is 1. The van der Waals surface area contributed by atoms with Crippen molar-refractivity contribution >= 4 is 5.69 Å². The fourth-order valence-electron chi connectivity index (χ4n) is 2.86. The number of rotatable bonds is 6. The number of piperidine rings is 1. The first-order valence-electron chi connectivity index (χ1n) is 8.13. The lowest BCUT2D eigenvalue weighted by molar-refractivity contribution is -0.384. The molecule has 0 unspecified atom stereocenters. The second-order valence-corrected chi connectivity index (χ2v) is 5.89. The van der Waals surface area contributed by atoms with Crippen molar-refractivity contribution in [1.29, 1.82) is 0 Å². The van der Waals surface area contributed by atoms with E-state index in [1.54, 1.807) is 31.6 Å². The van der Waals surface area contributed by atoms with Gasteiger partial charge in [0.2, 0.25) is 0 Å². The molecule has 0 saturated carbocycles. The summed E-state index contributed by atoms with van der Waals surface area (Å²) >= 11 is 0. The molecule has 0 atom stereocenters. The highest BCUT2D eigenvalue weighted by atomic mass is 16.6. The molecule has 1 aromatic heterocycles. The molecule has 2 aromatic rings. The summed E-state index contributed by atoms with van der Waals surface area (Å²) in [5.41, 5.74) is 1.19. The lowest BCUT2D eigenvalue weighted by Gasteiger charge is -2.31. The molecule has 25 heavy (non-hydrogen) atoms. The minimum Gasteiger partial charge on any atom is -0.477 e. The van der Waals surface area contributed by atoms with Gasteiger partial charge in [-0.25, -0.2) is 9.97 Å². The molecule has 8 heteroatoms. The highest BCUT2D eigenvalue weighted by Crippen LogP contribution is 2.24. The molecule has 2 heterocycles. The largest absolute Gasteiger partial charge is 0.477 e. The maximum Gasteiger partial charge on any atom is 0.278 e. The Morgan fingerprint density at radius 2 is 1.80 bits per heavy atom. The standard InChI is InChI=1S/C17H20N4O4/c1-24-16-17(19-9-8-18-16)25-15-6-10-20(11-7-15)12-13-2-4-14(5-3-13)21(22)23/h2-5,8-9,15H,6-7,10-12H2,1H3. The molecule has 0 N–H and O–H groups in total. The van der Waals surface area contributed by atoms with Crippen LogP contribution in [-0.2, 0) is 6.54 Å². The molecule has 0 radical (unpaired) electrons. The van der Waals surface area contributed by atoms with Crippen molar-refractivity contribution in [1.82, 2.24) is 14.9 Å². The third-order valence-corrected chi connectivity index (χ3v) is 4.19. The van der Waals surface area contributed by atoms with Crippen LogP contribution in [0.4, 0.5) is 5.69 Å². The molecule has 1 aliphatic heterocycles. The van der Waals surface area contributed by atoms with Crippen LogP contribution in [0.5, 0.6) is 11.8 Å². The number of ether oxygens (including phenoxy) is 2. The lowest BCUT2D eigenvalue weighted by Crippen LogP contribution is -2.38. The van der Waals surface area contributed by atoms with Gasteiger partial charge in [-0.05, 0) is 18.4 Å². The van der Waals surface area contributed by atoms with Gasteiger partial charge in [-0.3, -0.25) is 15.0 Å². The van der Waals surface area contributed by atoms with Crippen LogP contribution in [0.1, 0.15) is 18.4 Å². The van der Waals surface area contributed by atoms with Gasteiger partial charge in [0, 0.05) is 44.2 Å². The monoisotopic (exact) mass is 344 g/mol. The predicted molar refractivity (Wildman–Crippen MR) is 90.6 cm³/mol. The number of nitro groups is 1. The van der Waals surface area contributed by atoms with Crippen molar-refractivity contribution in [3.63, 3.8) is 0 Å². The summed E-state index contributed by atoms with van der Waals surface area (Å²) in [6.45, 7) is 2.56. The molecule has 8 nitrogen and oxygen atoms in total. The highest BCUT2D eigenvalue weighted by molar-refractivity contribution is 5.32. The molecule has 0 spiro atoms. The number of aromatic nitrogens is 2. The van der Waals surface area contributed by atoms with Gasteiger partial charge >= 0.3 is 0 Å². The fraction of sp³-hybridized carbons (Fsp3) is 0.412. The van der Waals surface area contributed by atoms with E-state index in [0.717, 1.165) is 38.0 Å². The molecular formula is C17H20N4O4. The van der Waals surface area contributed by atoms with E-state index in [1.807, 2.05) is 12.1 Å². The Balaban J connectivity index is 1.51. The first-order valence-corrected chi connectivity index (χ1v) is 8.13.